The van der Waals surface area contributed by atoms with Crippen LogP contribution < -0.4 is 10.2 Å². The molecule has 0 atom stereocenters. The number of carbonyl (C=O) groups is 1. The second kappa shape index (κ2) is 9.12. The van der Waals surface area contributed by atoms with E-state index < -0.39 is 0 Å². The standard InChI is InChI=1S/C23H29N3OS/c1-2-6-21(27)18-9-10-20-23(17-18)28-22-8-4-3-7-19(22)26(20)14-5-13-25-15-11-24-12-16-25/h3-4,7-10,17,24H,2,5-6,11-16H2,1H3. The van der Waals surface area contributed by atoms with Gasteiger partial charge in [-0.05, 0) is 49.7 Å². The molecule has 1 saturated heterocycles. The number of carbonyl (C=O) groups excluding carboxylic acids is 1. The van der Waals surface area contributed by atoms with Gasteiger partial charge in [0.15, 0.2) is 5.78 Å². The summed E-state index contributed by atoms with van der Waals surface area (Å²) < 4.78 is 0. The maximum Gasteiger partial charge on any atom is 0.162 e. The van der Waals surface area contributed by atoms with Crippen molar-refractivity contribution in [3.63, 3.8) is 0 Å². The van der Waals surface area contributed by atoms with Crippen LogP contribution >= 0.6 is 11.8 Å². The lowest BCUT2D eigenvalue weighted by molar-refractivity contribution is 0.0981. The number of hydrogen-bond donors (Lipinski definition) is 1. The molecular formula is C23H29N3OS. The summed E-state index contributed by atoms with van der Waals surface area (Å²) in [4.78, 5) is 19.8. The molecule has 2 aliphatic rings. The molecule has 0 unspecified atom stereocenters. The first-order chi connectivity index (χ1) is 13.8. The first kappa shape index (κ1) is 19.5. The number of Topliss-reactive ketones (excluding diaryl/α,β-unsaturated/α-hetero) is 1. The van der Waals surface area contributed by atoms with E-state index in [0.29, 0.717) is 6.42 Å². The van der Waals surface area contributed by atoms with E-state index in [0.717, 1.165) is 57.7 Å². The van der Waals surface area contributed by atoms with Crippen molar-refractivity contribution in [2.75, 3.05) is 44.2 Å². The van der Waals surface area contributed by atoms with Crippen molar-refractivity contribution in [2.45, 2.75) is 36.0 Å². The van der Waals surface area contributed by atoms with Gasteiger partial charge in [-0.3, -0.25) is 4.79 Å². The summed E-state index contributed by atoms with van der Waals surface area (Å²) in [7, 11) is 0. The fourth-order valence-electron chi connectivity index (χ4n) is 4.01. The molecule has 0 saturated carbocycles. The van der Waals surface area contributed by atoms with Crippen molar-refractivity contribution in [3.05, 3.63) is 48.0 Å². The molecule has 0 spiro atoms. The summed E-state index contributed by atoms with van der Waals surface area (Å²) in [6.07, 6.45) is 2.65. The number of fused-ring (bicyclic) bond motifs is 2. The van der Waals surface area contributed by atoms with Crippen LogP contribution in [0.3, 0.4) is 0 Å². The molecule has 2 aromatic rings. The number of benzene rings is 2. The van der Waals surface area contributed by atoms with Gasteiger partial charge < -0.3 is 15.1 Å². The summed E-state index contributed by atoms with van der Waals surface area (Å²) in [5, 5.41) is 3.42. The Morgan fingerprint density at radius 3 is 2.64 bits per heavy atom. The highest BCUT2D eigenvalue weighted by molar-refractivity contribution is 7.99. The maximum absolute atomic E-state index is 12.4. The minimum Gasteiger partial charge on any atom is -0.340 e. The molecule has 0 radical (unpaired) electrons. The molecule has 28 heavy (non-hydrogen) atoms. The van der Waals surface area contributed by atoms with Crippen LogP contribution in [0.1, 0.15) is 36.5 Å². The average molecular weight is 396 g/mol. The molecule has 4 nitrogen and oxygen atoms in total. The van der Waals surface area contributed by atoms with E-state index in [1.807, 2.05) is 6.07 Å². The third-order valence-corrected chi connectivity index (χ3v) is 6.60. The maximum atomic E-state index is 12.4. The predicted molar refractivity (Wildman–Crippen MR) is 117 cm³/mol. The van der Waals surface area contributed by atoms with Crippen LogP contribution in [0.2, 0.25) is 0 Å². The van der Waals surface area contributed by atoms with Gasteiger partial charge in [0.2, 0.25) is 0 Å². The van der Waals surface area contributed by atoms with Gasteiger partial charge in [-0.1, -0.05) is 30.8 Å². The molecule has 0 bridgehead atoms. The van der Waals surface area contributed by atoms with Gasteiger partial charge in [-0.2, -0.15) is 0 Å². The van der Waals surface area contributed by atoms with Gasteiger partial charge in [-0.15, -0.1) is 0 Å². The van der Waals surface area contributed by atoms with Crippen LogP contribution in [0, 0.1) is 0 Å². The van der Waals surface area contributed by atoms with E-state index in [4.69, 9.17) is 0 Å². The van der Waals surface area contributed by atoms with Crippen LogP contribution in [0.4, 0.5) is 11.4 Å². The van der Waals surface area contributed by atoms with Crippen LogP contribution in [-0.2, 0) is 0 Å². The Labute approximate surface area is 172 Å². The van der Waals surface area contributed by atoms with Gasteiger partial charge in [0.25, 0.3) is 0 Å². The predicted octanol–water partition coefficient (Wildman–Crippen LogP) is 4.57. The minimum atomic E-state index is 0.245. The summed E-state index contributed by atoms with van der Waals surface area (Å²) in [6.45, 7) is 8.67. The molecule has 1 fully saturated rings. The van der Waals surface area contributed by atoms with Gasteiger partial charge in [0, 0.05) is 54.5 Å². The van der Waals surface area contributed by atoms with Crippen molar-refractivity contribution < 1.29 is 4.79 Å². The lowest BCUT2D eigenvalue weighted by Gasteiger charge is -2.34. The fraction of sp³-hybridized carbons (Fsp3) is 0.435. The Hall–Kier alpha value is -1.82. The monoisotopic (exact) mass is 395 g/mol. The number of para-hydroxylation sites is 1. The fourth-order valence-corrected chi connectivity index (χ4v) is 5.14. The van der Waals surface area contributed by atoms with Crippen LogP contribution in [-0.4, -0.2) is 50.0 Å². The SMILES string of the molecule is CCCC(=O)c1ccc2c(c1)Sc1ccccc1N2CCCN1CCNCC1. The Balaban J connectivity index is 1.54. The summed E-state index contributed by atoms with van der Waals surface area (Å²) in [6, 6.07) is 14.9. The molecule has 0 aromatic heterocycles. The zero-order valence-corrected chi connectivity index (χ0v) is 17.4. The van der Waals surface area contributed by atoms with Gasteiger partial charge in [0.1, 0.15) is 0 Å². The lowest BCUT2D eigenvalue weighted by Crippen LogP contribution is -2.44. The van der Waals surface area contributed by atoms with Crippen molar-refractivity contribution in [3.8, 4) is 0 Å². The number of nitrogens with one attached hydrogen (secondary N) is 1. The number of hydrogen-bond acceptors (Lipinski definition) is 5. The molecule has 4 rings (SSSR count). The second-order valence-electron chi connectivity index (χ2n) is 7.52. The molecular weight excluding hydrogens is 366 g/mol. The van der Waals surface area contributed by atoms with E-state index in [2.05, 4.69) is 58.4 Å². The first-order valence-electron chi connectivity index (χ1n) is 10.4. The highest BCUT2D eigenvalue weighted by Crippen LogP contribution is 2.48. The summed E-state index contributed by atoms with van der Waals surface area (Å²) >= 11 is 1.78. The van der Waals surface area contributed by atoms with E-state index in [9.17, 15) is 4.79 Å². The zero-order chi connectivity index (χ0) is 19.3. The molecule has 1 N–H and O–H groups in total. The number of rotatable bonds is 7. The minimum absolute atomic E-state index is 0.245. The quantitative estimate of drug-likeness (QED) is 0.695. The number of ketones is 1. The Morgan fingerprint density at radius 1 is 1.04 bits per heavy atom. The van der Waals surface area contributed by atoms with Gasteiger partial charge >= 0.3 is 0 Å². The van der Waals surface area contributed by atoms with Crippen LogP contribution in [0.15, 0.2) is 52.3 Å². The molecule has 148 valence electrons. The van der Waals surface area contributed by atoms with Crippen LogP contribution in [0.5, 0.6) is 0 Å². The third kappa shape index (κ3) is 4.27. The third-order valence-electron chi connectivity index (χ3n) is 5.49. The van der Waals surface area contributed by atoms with E-state index >= 15 is 0 Å². The molecule has 2 aliphatic heterocycles. The Kier molecular flexibility index (Phi) is 6.35. The number of anilines is 2. The first-order valence-corrected chi connectivity index (χ1v) is 11.2. The smallest absolute Gasteiger partial charge is 0.162 e. The Bertz CT molecular complexity index is 832. The topological polar surface area (TPSA) is 35.6 Å². The van der Waals surface area contributed by atoms with E-state index in [1.54, 1.807) is 11.8 Å². The second-order valence-corrected chi connectivity index (χ2v) is 8.61. The zero-order valence-electron chi connectivity index (χ0n) is 16.6. The average Bonchev–Trinajstić information content (AvgIpc) is 2.73. The molecule has 2 aromatic carbocycles. The van der Waals surface area contributed by atoms with E-state index in [1.165, 1.54) is 21.2 Å². The molecule has 5 heteroatoms. The summed E-state index contributed by atoms with van der Waals surface area (Å²) in [5.41, 5.74) is 3.36. The Morgan fingerprint density at radius 2 is 1.82 bits per heavy atom. The molecule has 0 aliphatic carbocycles. The highest BCUT2D eigenvalue weighted by Gasteiger charge is 2.24. The highest BCUT2D eigenvalue weighted by atomic mass is 32.2. The van der Waals surface area contributed by atoms with Gasteiger partial charge in [0.05, 0.1) is 11.4 Å². The largest absolute Gasteiger partial charge is 0.340 e. The normalized spacial score (nSPS) is 16.5. The molecule has 0 amide bonds. The molecule has 2 heterocycles. The van der Waals surface area contributed by atoms with Crippen molar-refractivity contribution >= 4 is 28.9 Å². The van der Waals surface area contributed by atoms with Crippen molar-refractivity contribution in [1.82, 2.24) is 10.2 Å². The van der Waals surface area contributed by atoms with Gasteiger partial charge in [-0.25, -0.2) is 0 Å². The van der Waals surface area contributed by atoms with E-state index in [-0.39, 0.29) is 5.78 Å². The van der Waals surface area contributed by atoms with Crippen molar-refractivity contribution in [2.24, 2.45) is 0 Å². The number of nitrogens with zero attached hydrogens (tertiary/aromatic N) is 2. The summed E-state index contributed by atoms with van der Waals surface area (Å²) in [5.74, 6) is 0.245. The number of piperazine rings is 1. The van der Waals surface area contributed by atoms with Crippen LogP contribution in [0.25, 0.3) is 0 Å². The van der Waals surface area contributed by atoms with Crippen molar-refractivity contribution in [1.29, 1.82) is 0 Å². The lowest BCUT2D eigenvalue weighted by atomic mass is 10.1.